The lowest BCUT2D eigenvalue weighted by Crippen LogP contribution is -2.17. The molecule has 1 unspecified atom stereocenters. The maximum absolute atomic E-state index is 11.6. The van der Waals surface area contributed by atoms with Crippen molar-refractivity contribution in [2.75, 3.05) is 5.32 Å². The maximum atomic E-state index is 11.6. The Labute approximate surface area is 113 Å². The molecule has 1 aromatic rings. The molecule has 5 nitrogen and oxygen atoms in total. The summed E-state index contributed by atoms with van der Waals surface area (Å²) in [5, 5.41) is 2.80. The van der Waals surface area contributed by atoms with Crippen LogP contribution < -0.4 is 16.8 Å². The standard InChI is InChI=1S/C14H21N3O2/c1-10(15)3-2-4-14(19)17-12-7-5-11(6-8-12)9-13(16)18/h5-8,10H,2-4,9,15H2,1H3,(H2,16,18)(H,17,19). The highest BCUT2D eigenvalue weighted by atomic mass is 16.1. The van der Waals surface area contributed by atoms with E-state index in [4.69, 9.17) is 11.5 Å². The fourth-order valence-electron chi connectivity index (χ4n) is 1.72. The minimum Gasteiger partial charge on any atom is -0.369 e. The highest BCUT2D eigenvalue weighted by Gasteiger charge is 2.04. The first-order valence-corrected chi connectivity index (χ1v) is 6.40. The second kappa shape index (κ2) is 7.53. The van der Waals surface area contributed by atoms with E-state index in [1.165, 1.54) is 0 Å². The molecule has 104 valence electrons. The van der Waals surface area contributed by atoms with E-state index >= 15 is 0 Å². The molecule has 0 aromatic heterocycles. The lowest BCUT2D eigenvalue weighted by atomic mass is 10.1. The minimum absolute atomic E-state index is 0.0247. The van der Waals surface area contributed by atoms with Gasteiger partial charge >= 0.3 is 0 Å². The molecule has 19 heavy (non-hydrogen) atoms. The molecule has 5 heteroatoms. The number of hydrogen-bond donors (Lipinski definition) is 3. The molecule has 0 heterocycles. The van der Waals surface area contributed by atoms with Crippen molar-refractivity contribution >= 4 is 17.5 Å². The fraction of sp³-hybridized carbons (Fsp3) is 0.429. The Bertz CT molecular complexity index is 427. The average molecular weight is 263 g/mol. The molecular formula is C14H21N3O2. The first kappa shape index (κ1) is 15.2. The molecule has 0 saturated heterocycles. The van der Waals surface area contributed by atoms with Gasteiger partial charge in [0, 0.05) is 18.2 Å². The highest BCUT2D eigenvalue weighted by Crippen LogP contribution is 2.11. The van der Waals surface area contributed by atoms with Gasteiger partial charge < -0.3 is 16.8 Å². The molecule has 0 spiro atoms. The Balaban J connectivity index is 2.40. The van der Waals surface area contributed by atoms with E-state index < -0.39 is 0 Å². The number of hydrogen-bond acceptors (Lipinski definition) is 3. The van der Waals surface area contributed by atoms with E-state index in [0.717, 1.165) is 24.1 Å². The number of carbonyl (C=O) groups excluding carboxylic acids is 2. The summed E-state index contributed by atoms with van der Waals surface area (Å²) < 4.78 is 0. The van der Waals surface area contributed by atoms with Gasteiger partial charge in [0.15, 0.2) is 0 Å². The molecule has 0 aliphatic carbocycles. The van der Waals surface area contributed by atoms with Gasteiger partial charge in [-0.1, -0.05) is 12.1 Å². The third-order valence-corrected chi connectivity index (χ3v) is 2.68. The molecule has 2 amide bonds. The quantitative estimate of drug-likeness (QED) is 0.688. The summed E-state index contributed by atoms with van der Waals surface area (Å²) in [6.07, 6.45) is 2.29. The Morgan fingerprint density at radius 2 is 1.89 bits per heavy atom. The molecule has 0 aliphatic heterocycles. The van der Waals surface area contributed by atoms with Gasteiger partial charge in [0.25, 0.3) is 0 Å². The Morgan fingerprint density at radius 1 is 1.26 bits per heavy atom. The van der Waals surface area contributed by atoms with Crippen molar-refractivity contribution in [1.82, 2.24) is 0 Å². The minimum atomic E-state index is -0.368. The molecule has 0 aliphatic rings. The lowest BCUT2D eigenvalue weighted by molar-refractivity contribution is -0.117. The van der Waals surface area contributed by atoms with Crippen molar-refractivity contribution in [2.24, 2.45) is 11.5 Å². The van der Waals surface area contributed by atoms with Gasteiger partial charge in [0.1, 0.15) is 0 Å². The SMILES string of the molecule is CC(N)CCCC(=O)Nc1ccc(CC(N)=O)cc1. The third-order valence-electron chi connectivity index (χ3n) is 2.68. The Hall–Kier alpha value is -1.88. The predicted molar refractivity (Wildman–Crippen MR) is 75.5 cm³/mol. The van der Waals surface area contributed by atoms with E-state index in [-0.39, 0.29) is 24.3 Å². The van der Waals surface area contributed by atoms with Gasteiger partial charge in [-0.2, -0.15) is 0 Å². The van der Waals surface area contributed by atoms with Crippen LogP contribution in [0.4, 0.5) is 5.69 Å². The molecule has 1 atom stereocenters. The number of nitrogens with two attached hydrogens (primary N) is 2. The van der Waals surface area contributed by atoms with Gasteiger partial charge in [0.05, 0.1) is 6.42 Å². The summed E-state index contributed by atoms with van der Waals surface area (Å²) >= 11 is 0. The molecule has 5 N–H and O–H groups in total. The molecule has 1 rings (SSSR count). The summed E-state index contributed by atoms with van der Waals surface area (Å²) in [5.74, 6) is -0.393. The number of nitrogens with one attached hydrogen (secondary N) is 1. The van der Waals surface area contributed by atoms with Crippen molar-refractivity contribution in [3.63, 3.8) is 0 Å². The molecule has 0 bridgehead atoms. The molecular weight excluding hydrogens is 242 g/mol. The van der Waals surface area contributed by atoms with Crippen LogP contribution in [-0.2, 0) is 16.0 Å². The zero-order valence-corrected chi connectivity index (χ0v) is 11.2. The second-order valence-corrected chi connectivity index (χ2v) is 4.76. The molecule has 1 aromatic carbocycles. The number of primary amides is 1. The zero-order chi connectivity index (χ0) is 14.3. The Kier molecular flexibility index (Phi) is 6.02. The van der Waals surface area contributed by atoms with Crippen molar-refractivity contribution in [3.05, 3.63) is 29.8 Å². The summed E-state index contributed by atoms with van der Waals surface area (Å²) in [5.41, 5.74) is 12.3. The monoisotopic (exact) mass is 263 g/mol. The summed E-state index contributed by atoms with van der Waals surface area (Å²) in [4.78, 5) is 22.4. The van der Waals surface area contributed by atoms with Crippen LogP contribution in [0.1, 0.15) is 31.7 Å². The zero-order valence-electron chi connectivity index (χ0n) is 11.2. The average Bonchev–Trinajstić information content (AvgIpc) is 2.30. The normalized spacial score (nSPS) is 11.9. The van der Waals surface area contributed by atoms with Crippen LogP contribution in [0.5, 0.6) is 0 Å². The van der Waals surface area contributed by atoms with Crippen LogP contribution in [0, 0.1) is 0 Å². The van der Waals surface area contributed by atoms with E-state index in [9.17, 15) is 9.59 Å². The van der Waals surface area contributed by atoms with E-state index in [0.29, 0.717) is 6.42 Å². The van der Waals surface area contributed by atoms with E-state index in [1.54, 1.807) is 24.3 Å². The first-order chi connectivity index (χ1) is 8.97. The van der Waals surface area contributed by atoms with Crippen molar-refractivity contribution in [3.8, 4) is 0 Å². The summed E-state index contributed by atoms with van der Waals surface area (Å²) in [7, 11) is 0. The molecule has 0 radical (unpaired) electrons. The number of rotatable bonds is 7. The van der Waals surface area contributed by atoms with Gasteiger partial charge in [-0.05, 0) is 37.5 Å². The van der Waals surface area contributed by atoms with Crippen molar-refractivity contribution in [1.29, 1.82) is 0 Å². The first-order valence-electron chi connectivity index (χ1n) is 6.40. The summed E-state index contributed by atoms with van der Waals surface area (Å²) in [6, 6.07) is 7.22. The van der Waals surface area contributed by atoms with Crippen molar-refractivity contribution < 1.29 is 9.59 Å². The van der Waals surface area contributed by atoms with Crippen molar-refractivity contribution in [2.45, 2.75) is 38.6 Å². The highest BCUT2D eigenvalue weighted by molar-refractivity contribution is 5.90. The summed E-state index contributed by atoms with van der Waals surface area (Å²) in [6.45, 7) is 1.93. The Morgan fingerprint density at radius 3 is 2.42 bits per heavy atom. The van der Waals surface area contributed by atoms with Crippen LogP contribution in [0.25, 0.3) is 0 Å². The third kappa shape index (κ3) is 6.57. The molecule has 0 fully saturated rings. The number of carbonyl (C=O) groups is 2. The van der Waals surface area contributed by atoms with Crippen LogP contribution in [0.15, 0.2) is 24.3 Å². The van der Waals surface area contributed by atoms with Crippen LogP contribution in [-0.4, -0.2) is 17.9 Å². The van der Waals surface area contributed by atoms with Gasteiger partial charge in [-0.15, -0.1) is 0 Å². The lowest BCUT2D eigenvalue weighted by Gasteiger charge is -2.07. The largest absolute Gasteiger partial charge is 0.369 e. The second-order valence-electron chi connectivity index (χ2n) is 4.76. The van der Waals surface area contributed by atoms with Crippen LogP contribution in [0.2, 0.25) is 0 Å². The topological polar surface area (TPSA) is 98.2 Å². The number of amides is 2. The predicted octanol–water partition coefficient (Wildman–Crippen LogP) is 1.17. The smallest absolute Gasteiger partial charge is 0.224 e. The number of anilines is 1. The fourth-order valence-corrected chi connectivity index (χ4v) is 1.72. The van der Waals surface area contributed by atoms with Crippen LogP contribution >= 0.6 is 0 Å². The van der Waals surface area contributed by atoms with Crippen LogP contribution in [0.3, 0.4) is 0 Å². The number of benzene rings is 1. The molecule has 0 saturated carbocycles. The van der Waals surface area contributed by atoms with Gasteiger partial charge in [-0.25, -0.2) is 0 Å². The maximum Gasteiger partial charge on any atom is 0.224 e. The van der Waals surface area contributed by atoms with E-state index in [2.05, 4.69) is 5.32 Å². The van der Waals surface area contributed by atoms with Gasteiger partial charge in [0.2, 0.25) is 11.8 Å². The van der Waals surface area contributed by atoms with E-state index in [1.807, 2.05) is 6.92 Å². The van der Waals surface area contributed by atoms with Gasteiger partial charge in [-0.3, -0.25) is 9.59 Å².